The lowest BCUT2D eigenvalue weighted by atomic mass is 9.94. The summed E-state index contributed by atoms with van der Waals surface area (Å²) in [6, 6.07) is 8.07. The van der Waals surface area contributed by atoms with Gasteiger partial charge < -0.3 is 4.90 Å². The van der Waals surface area contributed by atoms with Crippen molar-refractivity contribution in [3.05, 3.63) is 66.5 Å². The van der Waals surface area contributed by atoms with Crippen molar-refractivity contribution < 1.29 is 4.79 Å². The number of hydrogen-bond acceptors (Lipinski definition) is 3. The molecule has 1 aliphatic heterocycles. The van der Waals surface area contributed by atoms with Crippen LogP contribution in [0.5, 0.6) is 0 Å². The average molecular weight is 348 g/mol. The second kappa shape index (κ2) is 7.12. The van der Waals surface area contributed by atoms with Crippen molar-refractivity contribution in [3.63, 3.8) is 0 Å². The number of hydrogen-bond donors (Lipinski definition) is 0. The molecule has 2 aromatic rings. The predicted octanol–water partition coefficient (Wildman–Crippen LogP) is 3.95. The fraction of sp³-hybridized carbons (Fsp3) is 0.286. The Morgan fingerprint density at radius 1 is 1.31 bits per heavy atom. The molecule has 0 N–H and O–H groups in total. The number of aryl methyl sites for hydroxylation is 1. The van der Waals surface area contributed by atoms with E-state index in [0.29, 0.717) is 12.2 Å². The minimum Gasteiger partial charge on any atom is -0.307 e. The van der Waals surface area contributed by atoms with Crippen LogP contribution in [0, 0.1) is 5.92 Å². The highest BCUT2D eigenvalue weighted by atomic mass is 16.2. The fourth-order valence-electron chi connectivity index (χ4n) is 3.31. The fourth-order valence-corrected chi connectivity index (χ4v) is 3.31. The van der Waals surface area contributed by atoms with Crippen LogP contribution in [-0.2, 0) is 18.4 Å². The first kappa shape index (κ1) is 17.9. The van der Waals surface area contributed by atoms with Gasteiger partial charge in [0.2, 0.25) is 5.91 Å². The van der Waals surface area contributed by atoms with Gasteiger partial charge in [0.15, 0.2) is 0 Å². The van der Waals surface area contributed by atoms with Gasteiger partial charge in [-0.1, -0.05) is 62.6 Å². The first-order valence-electron chi connectivity index (χ1n) is 8.82. The first-order valence-corrected chi connectivity index (χ1v) is 8.82. The Labute approximate surface area is 154 Å². The maximum atomic E-state index is 13.1. The van der Waals surface area contributed by atoms with E-state index in [2.05, 4.69) is 23.5 Å². The van der Waals surface area contributed by atoms with E-state index in [9.17, 15) is 4.79 Å². The number of carbonyl (C=O) groups excluding carboxylic acids is 1. The lowest BCUT2D eigenvalue weighted by Gasteiger charge is -2.30. The Hall–Kier alpha value is -2.95. The van der Waals surface area contributed by atoms with Gasteiger partial charge in [0, 0.05) is 24.1 Å². The molecule has 0 saturated heterocycles. The molecular weight excluding hydrogens is 324 g/mol. The standard InChI is InChI=1S/C21H24N4O/c1-6-14(4)21(26)25-13-15-11-9-10-12-17(15)20-19(22-23-24(20)5)16(7-2)18(25)8-3/h7-12,14H,2-3,6,13H2,1,4-5H3/b18-16-. The molecule has 3 rings (SSSR count). The smallest absolute Gasteiger partial charge is 0.230 e. The molecular formula is C21H24N4O. The largest absolute Gasteiger partial charge is 0.307 e. The zero-order valence-electron chi connectivity index (χ0n) is 15.6. The number of nitrogens with zero attached hydrogens (tertiary/aromatic N) is 4. The predicted molar refractivity (Wildman–Crippen MR) is 104 cm³/mol. The Bertz CT molecular complexity index is 906. The average Bonchev–Trinajstić information content (AvgIpc) is 3.02. The van der Waals surface area contributed by atoms with E-state index in [1.54, 1.807) is 21.7 Å². The molecule has 1 aliphatic rings. The minimum absolute atomic E-state index is 0.0730. The number of amides is 1. The third-order valence-electron chi connectivity index (χ3n) is 4.95. The molecule has 1 atom stereocenters. The van der Waals surface area contributed by atoms with Gasteiger partial charge >= 0.3 is 0 Å². The van der Waals surface area contributed by atoms with Crippen LogP contribution in [0.1, 0.15) is 31.5 Å². The van der Waals surface area contributed by atoms with Crippen molar-refractivity contribution in [3.8, 4) is 11.3 Å². The topological polar surface area (TPSA) is 51.0 Å². The quantitative estimate of drug-likeness (QED) is 0.840. The van der Waals surface area contributed by atoms with E-state index < -0.39 is 0 Å². The molecule has 1 unspecified atom stereocenters. The minimum atomic E-state index is -0.0797. The van der Waals surface area contributed by atoms with Crippen molar-refractivity contribution in [1.29, 1.82) is 0 Å². The monoisotopic (exact) mass is 348 g/mol. The summed E-state index contributed by atoms with van der Waals surface area (Å²) in [6.07, 6.45) is 4.22. The normalized spacial score (nSPS) is 17.6. The summed E-state index contributed by atoms with van der Waals surface area (Å²) in [5.74, 6) is -0.00664. The summed E-state index contributed by atoms with van der Waals surface area (Å²) < 4.78 is 1.77. The van der Waals surface area contributed by atoms with Crippen molar-refractivity contribution in [1.82, 2.24) is 19.9 Å². The molecule has 5 nitrogen and oxygen atoms in total. The third-order valence-corrected chi connectivity index (χ3v) is 4.95. The van der Waals surface area contributed by atoms with Crippen LogP contribution in [-0.4, -0.2) is 25.8 Å². The molecule has 134 valence electrons. The van der Waals surface area contributed by atoms with Crippen LogP contribution in [0.4, 0.5) is 0 Å². The Morgan fingerprint density at radius 3 is 2.69 bits per heavy atom. The van der Waals surface area contributed by atoms with Crippen LogP contribution in [0.15, 0.2) is 55.3 Å². The van der Waals surface area contributed by atoms with Gasteiger partial charge in [-0.2, -0.15) is 0 Å². The molecule has 1 aromatic carbocycles. The van der Waals surface area contributed by atoms with Gasteiger partial charge in [0.1, 0.15) is 5.69 Å². The summed E-state index contributed by atoms with van der Waals surface area (Å²) in [5, 5.41) is 8.58. The lowest BCUT2D eigenvalue weighted by molar-refractivity contribution is -0.133. The molecule has 5 heteroatoms. The Balaban J connectivity index is 2.34. The second-order valence-corrected chi connectivity index (χ2v) is 6.51. The van der Waals surface area contributed by atoms with E-state index in [1.165, 1.54) is 0 Å². The SMILES string of the molecule is C=C/C1=C(\C=C)N(C(=O)C(C)CC)Cc2ccccc2-c2c1nnn2C. The van der Waals surface area contributed by atoms with E-state index in [0.717, 1.165) is 34.5 Å². The first-order chi connectivity index (χ1) is 12.5. The van der Waals surface area contributed by atoms with E-state index >= 15 is 0 Å². The molecule has 1 amide bonds. The number of benzene rings is 1. The van der Waals surface area contributed by atoms with Gasteiger partial charge in [-0.25, -0.2) is 4.68 Å². The maximum Gasteiger partial charge on any atom is 0.230 e. The van der Waals surface area contributed by atoms with Gasteiger partial charge in [-0.3, -0.25) is 4.79 Å². The molecule has 2 heterocycles. The van der Waals surface area contributed by atoms with Crippen molar-refractivity contribution in [2.75, 3.05) is 0 Å². The zero-order valence-corrected chi connectivity index (χ0v) is 15.6. The number of fused-ring (bicyclic) bond motifs is 3. The summed E-state index contributed by atoms with van der Waals surface area (Å²) >= 11 is 0. The van der Waals surface area contributed by atoms with Crippen molar-refractivity contribution >= 4 is 11.5 Å². The van der Waals surface area contributed by atoms with Crippen molar-refractivity contribution in [2.24, 2.45) is 13.0 Å². The molecule has 1 aromatic heterocycles. The second-order valence-electron chi connectivity index (χ2n) is 6.51. The summed E-state index contributed by atoms with van der Waals surface area (Å²) in [6.45, 7) is 12.4. The summed E-state index contributed by atoms with van der Waals surface area (Å²) in [7, 11) is 1.88. The van der Waals surface area contributed by atoms with Gasteiger partial charge in [-0.05, 0) is 18.1 Å². The van der Waals surface area contributed by atoms with E-state index in [-0.39, 0.29) is 11.8 Å². The molecule has 0 spiro atoms. The summed E-state index contributed by atoms with van der Waals surface area (Å²) in [4.78, 5) is 14.9. The molecule has 26 heavy (non-hydrogen) atoms. The van der Waals surface area contributed by atoms with Gasteiger partial charge in [0.25, 0.3) is 0 Å². The van der Waals surface area contributed by atoms with Crippen LogP contribution in [0.2, 0.25) is 0 Å². The van der Waals surface area contributed by atoms with Crippen LogP contribution in [0.25, 0.3) is 16.8 Å². The van der Waals surface area contributed by atoms with Crippen molar-refractivity contribution in [2.45, 2.75) is 26.8 Å². The van der Waals surface area contributed by atoms with Gasteiger partial charge in [0.05, 0.1) is 17.9 Å². The Morgan fingerprint density at radius 2 is 2.04 bits per heavy atom. The highest BCUT2D eigenvalue weighted by Gasteiger charge is 2.29. The summed E-state index contributed by atoms with van der Waals surface area (Å²) in [5.41, 5.74) is 5.21. The van der Waals surface area contributed by atoms with E-state index in [1.807, 2.05) is 45.2 Å². The van der Waals surface area contributed by atoms with Gasteiger partial charge in [-0.15, -0.1) is 5.10 Å². The number of carbonyl (C=O) groups is 1. The highest BCUT2D eigenvalue weighted by molar-refractivity contribution is 5.90. The zero-order chi connectivity index (χ0) is 18.8. The number of rotatable bonds is 4. The Kier molecular flexibility index (Phi) is 4.89. The lowest BCUT2D eigenvalue weighted by Crippen LogP contribution is -2.34. The maximum absolute atomic E-state index is 13.1. The molecule has 0 aliphatic carbocycles. The third kappa shape index (κ3) is 2.79. The molecule has 0 radical (unpaired) electrons. The molecule has 0 bridgehead atoms. The highest BCUT2D eigenvalue weighted by Crippen LogP contribution is 2.36. The number of allylic oxidation sites excluding steroid dienone is 3. The van der Waals surface area contributed by atoms with Crippen LogP contribution < -0.4 is 0 Å². The molecule has 0 saturated carbocycles. The molecule has 0 fully saturated rings. The van der Waals surface area contributed by atoms with E-state index in [4.69, 9.17) is 0 Å². The van der Waals surface area contributed by atoms with Crippen LogP contribution in [0.3, 0.4) is 0 Å². The van der Waals surface area contributed by atoms with Crippen LogP contribution >= 0.6 is 0 Å². The number of aromatic nitrogens is 3.